The largest absolute Gasteiger partial charge is 0.495 e. The average Bonchev–Trinajstić information content (AvgIpc) is 2.45. The fourth-order valence-electron chi connectivity index (χ4n) is 2.48. The number of nitrogens with two attached hydrogens (primary N) is 1. The van der Waals surface area contributed by atoms with Crippen molar-refractivity contribution in [3.8, 4) is 11.8 Å². The summed E-state index contributed by atoms with van der Waals surface area (Å²) in [6, 6.07) is 7.96. The highest BCUT2D eigenvalue weighted by atomic mass is 16.5. The fraction of sp³-hybridized carbons (Fsp3) is 0.533. The van der Waals surface area contributed by atoms with E-state index in [9.17, 15) is 0 Å². The zero-order chi connectivity index (χ0) is 13.7. The van der Waals surface area contributed by atoms with E-state index < -0.39 is 0 Å². The van der Waals surface area contributed by atoms with E-state index in [2.05, 4.69) is 6.07 Å². The third-order valence-electron chi connectivity index (χ3n) is 3.54. The van der Waals surface area contributed by atoms with E-state index in [4.69, 9.17) is 20.5 Å². The molecule has 19 heavy (non-hydrogen) atoms. The number of methoxy groups -OCH3 is 1. The van der Waals surface area contributed by atoms with Gasteiger partial charge in [0.25, 0.3) is 0 Å². The van der Waals surface area contributed by atoms with Crippen LogP contribution in [0.25, 0.3) is 0 Å². The van der Waals surface area contributed by atoms with Crippen LogP contribution in [0.2, 0.25) is 0 Å². The summed E-state index contributed by atoms with van der Waals surface area (Å²) in [5.74, 6) is 0.603. The van der Waals surface area contributed by atoms with E-state index in [1.54, 1.807) is 7.11 Å². The van der Waals surface area contributed by atoms with Gasteiger partial charge in [-0.25, -0.2) is 0 Å². The first-order valence-electron chi connectivity index (χ1n) is 6.67. The maximum absolute atomic E-state index is 9.04. The molecule has 1 aliphatic rings. The number of benzene rings is 1. The highest BCUT2D eigenvalue weighted by molar-refractivity contribution is 5.45. The van der Waals surface area contributed by atoms with Crippen LogP contribution in [0.3, 0.4) is 0 Å². The lowest BCUT2D eigenvalue weighted by Crippen LogP contribution is -2.32. The number of nitriles is 1. The van der Waals surface area contributed by atoms with Crippen molar-refractivity contribution < 1.29 is 9.47 Å². The molecular formula is C15H20N2O2. The quantitative estimate of drug-likeness (QED) is 0.902. The van der Waals surface area contributed by atoms with Crippen molar-refractivity contribution in [2.75, 3.05) is 7.11 Å². The SMILES string of the molecule is COc1ccc(COC2CCCC(N)C2)cc1C#N. The van der Waals surface area contributed by atoms with Crippen molar-refractivity contribution in [1.29, 1.82) is 5.26 Å². The van der Waals surface area contributed by atoms with Crippen molar-refractivity contribution in [3.05, 3.63) is 29.3 Å². The molecule has 1 aromatic rings. The minimum Gasteiger partial charge on any atom is -0.495 e. The summed E-state index contributed by atoms with van der Waals surface area (Å²) in [6.07, 6.45) is 4.49. The summed E-state index contributed by atoms with van der Waals surface area (Å²) in [5, 5.41) is 9.04. The van der Waals surface area contributed by atoms with Gasteiger partial charge in [-0.15, -0.1) is 0 Å². The Labute approximate surface area is 114 Å². The number of nitrogens with zero attached hydrogens (tertiary/aromatic N) is 1. The van der Waals surface area contributed by atoms with E-state index in [-0.39, 0.29) is 12.1 Å². The maximum atomic E-state index is 9.04. The molecule has 0 radical (unpaired) electrons. The number of hydrogen-bond acceptors (Lipinski definition) is 4. The van der Waals surface area contributed by atoms with Gasteiger partial charge in [0.2, 0.25) is 0 Å². The summed E-state index contributed by atoms with van der Waals surface area (Å²) in [7, 11) is 1.57. The Balaban J connectivity index is 1.94. The van der Waals surface area contributed by atoms with Crippen molar-refractivity contribution >= 4 is 0 Å². The van der Waals surface area contributed by atoms with Gasteiger partial charge in [0, 0.05) is 6.04 Å². The molecule has 2 N–H and O–H groups in total. The molecular weight excluding hydrogens is 240 g/mol. The van der Waals surface area contributed by atoms with Gasteiger partial charge in [0.1, 0.15) is 11.8 Å². The molecule has 0 spiro atoms. The van der Waals surface area contributed by atoms with Crippen LogP contribution < -0.4 is 10.5 Å². The molecule has 1 saturated carbocycles. The molecule has 0 aromatic heterocycles. The minimum absolute atomic E-state index is 0.247. The molecule has 0 heterocycles. The Morgan fingerprint density at radius 2 is 2.26 bits per heavy atom. The van der Waals surface area contributed by atoms with Crippen LogP contribution in [0.5, 0.6) is 5.75 Å². The normalized spacial score (nSPS) is 22.8. The average molecular weight is 260 g/mol. The molecule has 0 aliphatic heterocycles. The number of hydrogen-bond donors (Lipinski definition) is 1. The van der Waals surface area contributed by atoms with Crippen LogP contribution in [0.4, 0.5) is 0 Å². The molecule has 0 bridgehead atoms. The topological polar surface area (TPSA) is 68.3 Å². The Bertz CT molecular complexity index is 468. The zero-order valence-corrected chi connectivity index (χ0v) is 11.3. The second-order valence-electron chi connectivity index (χ2n) is 5.01. The summed E-state index contributed by atoms with van der Waals surface area (Å²) >= 11 is 0. The Kier molecular flexibility index (Phi) is 4.78. The molecule has 102 valence electrons. The van der Waals surface area contributed by atoms with Crippen molar-refractivity contribution in [1.82, 2.24) is 0 Å². The van der Waals surface area contributed by atoms with Gasteiger partial charge in [-0.05, 0) is 43.4 Å². The first kappa shape index (κ1) is 13.9. The van der Waals surface area contributed by atoms with Crippen LogP contribution in [-0.2, 0) is 11.3 Å². The summed E-state index contributed by atoms with van der Waals surface area (Å²) in [5.41, 5.74) is 7.48. The predicted octanol–water partition coefficient (Wildman–Crippen LogP) is 2.35. The van der Waals surface area contributed by atoms with Crippen molar-refractivity contribution in [2.45, 2.75) is 44.4 Å². The molecule has 4 heteroatoms. The molecule has 1 aromatic carbocycles. The smallest absolute Gasteiger partial charge is 0.136 e. The highest BCUT2D eigenvalue weighted by Gasteiger charge is 2.19. The second kappa shape index (κ2) is 6.55. The number of ether oxygens (including phenoxy) is 2. The molecule has 4 nitrogen and oxygen atoms in total. The minimum atomic E-state index is 0.247. The van der Waals surface area contributed by atoms with Gasteiger partial charge in [0.05, 0.1) is 25.4 Å². The molecule has 0 amide bonds. The lowest BCUT2D eigenvalue weighted by atomic mass is 9.93. The van der Waals surface area contributed by atoms with Gasteiger partial charge >= 0.3 is 0 Å². The highest BCUT2D eigenvalue weighted by Crippen LogP contribution is 2.23. The fourth-order valence-corrected chi connectivity index (χ4v) is 2.48. The second-order valence-corrected chi connectivity index (χ2v) is 5.01. The third-order valence-corrected chi connectivity index (χ3v) is 3.54. The Hall–Kier alpha value is -1.57. The molecule has 0 saturated heterocycles. The zero-order valence-electron chi connectivity index (χ0n) is 11.3. The van der Waals surface area contributed by atoms with E-state index in [0.717, 1.165) is 31.2 Å². The summed E-state index contributed by atoms with van der Waals surface area (Å²) in [6.45, 7) is 0.524. The van der Waals surface area contributed by atoms with E-state index >= 15 is 0 Å². The van der Waals surface area contributed by atoms with Gasteiger partial charge in [-0.2, -0.15) is 5.26 Å². The Morgan fingerprint density at radius 1 is 1.42 bits per heavy atom. The van der Waals surface area contributed by atoms with E-state index in [0.29, 0.717) is 17.9 Å². The molecule has 2 unspecified atom stereocenters. The monoisotopic (exact) mass is 260 g/mol. The van der Waals surface area contributed by atoms with Crippen LogP contribution in [0, 0.1) is 11.3 Å². The third kappa shape index (κ3) is 3.69. The maximum Gasteiger partial charge on any atom is 0.136 e. The lowest BCUT2D eigenvalue weighted by molar-refractivity contribution is 0.0122. The van der Waals surface area contributed by atoms with Crippen LogP contribution >= 0.6 is 0 Å². The summed E-state index contributed by atoms with van der Waals surface area (Å²) in [4.78, 5) is 0. The molecule has 1 aliphatic carbocycles. The Morgan fingerprint density at radius 3 is 2.95 bits per heavy atom. The predicted molar refractivity (Wildman–Crippen MR) is 72.7 cm³/mol. The van der Waals surface area contributed by atoms with Crippen molar-refractivity contribution in [2.24, 2.45) is 5.73 Å². The lowest BCUT2D eigenvalue weighted by Gasteiger charge is -2.26. The summed E-state index contributed by atoms with van der Waals surface area (Å²) < 4.78 is 11.0. The molecule has 1 fully saturated rings. The van der Waals surface area contributed by atoms with E-state index in [1.807, 2.05) is 18.2 Å². The van der Waals surface area contributed by atoms with Crippen LogP contribution in [-0.4, -0.2) is 19.3 Å². The van der Waals surface area contributed by atoms with Gasteiger partial charge in [0.15, 0.2) is 0 Å². The van der Waals surface area contributed by atoms with Gasteiger partial charge in [-0.3, -0.25) is 0 Å². The molecule has 2 rings (SSSR count). The van der Waals surface area contributed by atoms with Crippen LogP contribution in [0.1, 0.15) is 36.8 Å². The first-order valence-corrected chi connectivity index (χ1v) is 6.67. The van der Waals surface area contributed by atoms with Gasteiger partial charge in [-0.1, -0.05) is 6.07 Å². The van der Waals surface area contributed by atoms with Crippen molar-refractivity contribution in [3.63, 3.8) is 0 Å². The number of rotatable bonds is 4. The first-order chi connectivity index (χ1) is 9.22. The van der Waals surface area contributed by atoms with E-state index in [1.165, 1.54) is 0 Å². The van der Waals surface area contributed by atoms with Crippen LogP contribution in [0.15, 0.2) is 18.2 Å². The molecule has 2 atom stereocenters. The van der Waals surface area contributed by atoms with Gasteiger partial charge < -0.3 is 15.2 Å². The standard InChI is InChI=1S/C15H20N2O2/c1-18-15-6-5-11(7-12(15)9-16)10-19-14-4-2-3-13(17)8-14/h5-7,13-14H,2-4,8,10,17H2,1H3.